The highest BCUT2D eigenvalue weighted by Gasteiger charge is 2.20. The van der Waals surface area contributed by atoms with Gasteiger partial charge in [-0.25, -0.2) is 0 Å². The number of ketones is 1. The standard InChI is InChI=1S/C14H11NO4/c1-9-7-13(16)11(8-12(9)15(18)19)14(17)10-5-3-2-4-6-10/h2-8,16H,1H3. The normalized spacial score (nSPS) is 10.2. The number of nitrogens with zero attached hydrogens (tertiary/aromatic N) is 1. The van der Waals surface area contributed by atoms with Crippen LogP contribution in [0.2, 0.25) is 0 Å². The smallest absolute Gasteiger partial charge is 0.273 e. The number of hydrogen-bond acceptors (Lipinski definition) is 4. The Labute approximate surface area is 109 Å². The van der Waals surface area contributed by atoms with Gasteiger partial charge in [-0.05, 0) is 13.0 Å². The molecule has 0 saturated heterocycles. The van der Waals surface area contributed by atoms with Gasteiger partial charge < -0.3 is 5.11 Å². The second kappa shape index (κ2) is 4.89. The molecule has 0 spiro atoms. The van der Waals surface area contributed by atoms with Gasteiger partial charge >= 0.3 is 0 Å². The van der Waals surface area contributed by atoms with Crippen molar-refractivity contribution in [2.75, 3.05) is 0 Å². The molecule has 0 aliphatic heterocycles. The minimum absolute atomic E-state index is 0.0662. The molecule has 0 amide bonds. The average molecular weight is 257 g/mol. The number of carbonyl (C=O) groups is 1. The lowest BCUT2D eigenvalue weighted by Gasteiger charge is -2.05. The minimum atomic E-state index is -0.573. The van der Waals surface area contributed by atoms with Gasteiger partial charge in [0.1, 0.15) is 5.75 Å². The third kappa shape index (κ3) is 2.44. The molecule has 0 aliphatic carbocycles. The van der Waals surface area contributed by atoms with Gasteiger partial charge in [0, 0.05) is 17.2 Å². The second-order valence-electron chi connectivity index (χ2n) is 4.11. The fraction of sp³-hybridized carbons (Fsp3) is 0.0714. The highest BCUT2D eigenvalue weighted by atomic mass is 16.6. The van der Waals surface area contributed by atoms with E-state index in [9.17, 15) is 20.0 Å². The van der Waals surface area contributed by atoms with Gasteiger partial charge in [0.2, 0.25) is 0 Å². The molecular weight excluding hydrogens is 246 g/mol. The lowest BCUT2D eigenvalue weighted by molar-refractivity contribution is -0.385. The van der Waals surface area contributed by atoms with E-state index in [2.05, 4.69) is 0 Å². The Morgan fingerprint density at radius 2 is 1.84 bits per heavy atom. The molecule has 2 aromatic rings. The first-order valence-corrected chi connectivity index (χ1v) is 5.58. The first-order valence-electron chi connectivity index (χ1n) is 5.58. The maximum atomic E-state index is 12.2. The van der Waals surface area contributed by atoms with E-state index in [1.807, 2.05) is 0 Å². The third-order valence-corrected chi connectivity index (χ3v) is 2.79. The number of nitro benzene ring substituents is 1. The fourth-order valence-corrected chi connectivity index (χ4v) is 1.80. The molecular formula is C14H11NO4. The summed E-state index contributed by atoms with van der Waals surface area (Å²) < 4.78 is 0. The molecule has 5 nitrogen and oxygen atoms in total. The summed E-state index contributed by atoms with van der Waals surface area (Å²) in [5.41, 5.74) is 0.434. The van der Waals surface area contributed by atoms with Crippen molar-refractivity contribution in [3.63, 3.8) is 0 Å². The van der Waals surface area contributed by atoms with E-state index in [-0.39, 0.29) is 17.0 Å². The monoisotopic (exact) mass is 257 g/mol. The van der Waals surface area contributed by atoms with E-state index in [0.29, 0.717) is 11.1 Å². The Bertz CT molecular complexity index is 650. The van der Waals surface area contributed by atoms with Crippen molar-refractivity contribution in [2.24, 2.45) is 0 Å². The highest BCUT2D eigenvalue weighted by Crippen LogP contribution is 2.29. The van der Waals surface area contributed by atoms with Crippen molar-refractivity contribution in [2.45, 2.75) is 6.92 Å². The Hall–Kier alpha value is -2.69. The van der Waals surface area contributed by atoms with E-state index >= 15 is 0 Å². The molecule has 0 aliphatic rings. The first-order chi connectivity index (χ1) is 9.00. The molecule has 19 heavy (non-hydrogen) atoms. The number of carbonyl (C=O) groups excluding carboxylic acids is 1. The summed E-state index contributed by atoms with van der Waals surface area (Å²) in [5, 5.41) is 20.6. The topological polar surface area (TPSA) is 80.4 Å². The van der Waals surface area contributed by atoms with Crippen LogP contribution in [0.25, 0.3) is 0 Å². The molecule has 0 aromatic heterocycles. The van der Waals surface area contributed by atoms with Crippen molar-refractivity contribution in [1.29, 1.82) is 0 Å². The number of aromatic hydroxyl groups is 1. The zero-order valence-corrected chi connectivity index (χ0v) is 10.2. The number of rotatable bonds is 3. The Balaban J connectivity index is 2.54. The van der Waals surface area contributed by atoms with Gasteiger partial charge in [0.25, 0.3) is 5.69 Å². The van der Waals surface area contributed by atoms with E-state index in [1.165, 1.54) is 13.0 Å². The van der Waals surface area contributed by atoms with Crippen LogP contribution in [-0.2, 0) is 0 Å². The van der Waals surface area contributed by atoms with Crippen LogP contribution in [-0.4, -0.2) is 15.8 Å². The molecule has 0 atom stereocenters. The summed E-state index contributed by atoms with van der Waals surface area (Å²) in [6.45, 7) is 1.51. The molecule has 1 N–H and O–H groups in total. The number of nitro groups is 1. The van der Waals surface area contributed by atoms with Crippen LogP contribution < -0.4 is 0 Å². The Morgan fingerprint density at radius 3 is 2.42 bits per heavy atom. The molecule has 5 heteroatoms. The molecule has 0 unspecified atom stereocenters. The van der Waals surface area contributed by atoms with Crippen LogP contribution in [0.3, 0.4) is 0 Å². The van der Waals surface area contributed by atoms with Gasteiger partial charge in [-0.15, -0.1) is 0 Å². The molecule has 0 heterocycles. The fourth-order valence-electron chi connectivity index (χ4n) is 1.80. The molecule has 0 saturated carbocycles. The Morgan fingerprint density at radius 1 is 1.21 bits per heavy atom. The number of hydrogen-bond donors (Lipinski definition) is 1. The number of phenols is 1. The maximum Gasteiger partial charge on any atom is 0.273 e. The van der Waals surface area contributed by atoms with Crippen molar-refractivity contribution in [3.8, 4) is 5.75 Å². The minimum Gasteiger partial charge on any atom is -0.507 e. The summed E-state index contributed by atoms with van der Waals surface area (Å²) in [4.78, 5) is 22.5. The zero-order chi connectivity index (χ0) is 14.0. The summed E-state index contributed by atoms with van der Waals surface area (Å²) in [5.74, 6) is -0.696. The summed E-state index contributed by atoms with van der Waals surface area (Å²) in [6.07, 6.45) is 0. The zero-order valence-electron chi connectivity index (χ0n) is 10.2. The summed E-state index contributed by atoms with van der Waals surface area (Å²) >= 11 is 0. The van der Waals surface area contributed by atoms with Crippen LogP contribution in [0.1, 0.15) is 21.5 Å². The SMILES string of the molecule is Cc1cc(O)c(C(=O)c2ccccc2)cc1[N+](=O)[O-]. The van der Waals surface area contributed by atoms with Gasteiger partial charge in [-0.3, -0.25) is 14.9 Å². The van der Waals surface area contributed by atoms with Gasteiger partial charge in [-0.1, -0.05) is 30.3 Å². The highest BCUT2D eigenvalue weighted by molar-refractivity contribution is 6.11. The molecule has 96 valence electrons. The maximum absolute atomic E-state index is 12.2. The summed E-state index contributed by atoms with van der Waals surface area (Å²) in [7, 11) is 0. The lowest BCUT2D eigenvalue weighted by atomic mass is 10.00. The first kappa shape index (κ1) is 12.8. The molecule has 2 aromatic carbocycles. The molecule has 0 radical (unpaired) electrons. The van der Waals surface area contributed by atoms with Crippen molar-refractivity contribution in [1.82, 2.24) is 0 Å². The molecule has 2 rings (SSSR count). The van der Waals surface area contributed by atoms with Crippen LogP contribution in [0.5, 0.6) is 5.75 Å². The van der Waals surface area contributed by atoms with Gasteiger partial charge in [0.15, 0.2) is 5.78 Å². The molecule has 0 fully saturated rings. The van der Waals surface area contributed by atoms with Crippen molar-refractivity contribution < 1.29 is 14.8 Å². The lowest BCUT2D eigenvalue weighted by Crippen LogP contribution is -2.03. The number of benzene rings is 2. The van der Waals surface area contributed by atoms with Crippen LogP contribution in [0.4, 0.5) is 5.69 Å². The van der Waals surface area contributed by atoms with Crippen molar-refractivity contribution >= 4 is 11.5 Å². The predicted molar refractivity (Wildman–Crippen MR) is 69.4 cm³/mol. The quantitative estimate of drug-likeness (QED) is 0.520. The van der Waals surface area contributed by atoms with Gasteiger partial charge in [0.05, 0.1) is 10.5 Å². The number of phenolic OH excluding ortho intramolecular Hbond substituents is 1. The van der Waals surface area contributed by atoms with Crippen molar-refractivity contribution in [3.05, 3.63) is 69.3 Å². The predicted octanol–water partition coefficient (Wildman–Crippen LogP) is 2.84. The van der Waals surface area contributed by atoms with E-state index in [1.54, 1.807) is 30.3 Å². The molecule has 0 bridgehead atoms. The average Bonchev–Trinajstić information content (AvgIpc) is 2.38. The van der Waals surface area contributed by atoms with Gasteiger partial charge in [-0.2, -0.15) is 0 Å². The number of aryl methyl sites for hydroxylation is 1. The van der Waals surface area contributed by atoms with E-state index in [4.69, 9.17) is 0 Å². The third-order valence-electron chi connectivity index (χ3n) is 2.79. The van der Waals surface area contributed by atoms with Crippen LogP contribution in [0, 0.1) is 17.0 Å². The largest absolute Gasteiger partial charge is 0.507 e. The van der Waals surface area contributed by atoms with E-state index in [0.717, 1.165) is 6.07 Å². The van der Waals surface area contributed by atoms with Crippen LogP contribution >= 0.6 is 0 Å². The van der Waals surface area contributed by atoms with E-state index < -0.39 is 10.7 Å². The summed E-state index contributed by atoms with van der Waals surface area (Å²) in [6, 6.07) is 10.7. The second-order valence-corrected chi connectivity index (χ2v) is 4.11. The van der Waals surface area contributed by atoms with Crippen LogP contribution in [0.15, 0.2) is 42.5 Å². The Kier molecular flexibility index (Phi) is 3.29.